The van der Waals surface area contributed by atoms with Crippen molar-refractivity contribution in [2.45, 2.75) is 26.0 Å². The molecule has 0 bridgehead atoms. The van der Waals surface area contributed by atoms with Crippen LogP contribution in [0.15, 0.2) is 21.5 Å². The molecule has 1 fully saturated rings. The van der Waals surface area contributed by atoms with E-state index < -0.39 is 23.9 Å². The van der Waals surface area contributed by atoms with Gasteiger partial charge in [-0.25, -0.2) is 4.98 Å². The molecule has 0 unspecified atom stereocenters. The number of aliphatic carboxylic acids is 1. The molecule has 29 heavy (non-hydrogen) atoms. The molecule has 1 aromatic rings. The Morgan fingerprint density at radius 3 is 2.66 bits per heavy atom. The minimum atomic E-state index is -1.41. The van der Waals surface area contributed by atoms with Gasteiger partial charge in [-0.3, -0.25) is 9.59 Å². The van der Waals surface area contributed by atoms with Gasteiger partial charge in [0, 0.05) is 24.9 Å². The summed E-state index contributed by atoms with van der Waals surface area (Å²) in [5.41, 5.74) is 1.76. The van der Waals surface area contributed by atoms with Crippen LogP contribution in [0.4, 0.5) is 0 Å². The van der Waals surface area contributed by atoms with Gasteiger partial charge in [0.2, 0.25) is 5.91 Å². The van der Waals surface area contributed by atoms with Crippen molar-refractivity contribution in [1.82, 2.24) is 14.8 Å². The number of carbonyl (C=O) groups is 3. The van der Waals surface area contributed by atoms with Crippen LogP contribution in [-0.2, 0) is 9.59 Å². The van der Waals surface area contributed by atoms with E-state index in [-0.39, 0.29) is 53.1 Å². The van der Waals surface area contributed by atoms with Crippen molar-refractivity contribution < 1.29 is 54.2 Å². The molecule has 1 N–H and O–H groups in total. The summed E-state index contributed by atoms with van der Waals surface area (Å²) in [5, 5.41) is 23.2. The first kappa shape index (κ1) is 24.1. The van der Waals surface area contributed by atoms with E-state index in [0.29, 0.717) is 15.5 Å². The largest absolute Gasteiger partial charge is 1.00 e. The van der Waals surface area contributed by atoms with Gasteiger partial charge in [0.05, 0.1) is 40.1 Å². The monoisotopic (exact) mass is 445 g/mol. The topological polar surface area (TPSA) is 114 Å². The normalized spacial score (nSPS) is 24.2. The maximum Gasteiger partial charge on any atom is 1.00 e. The first-order valence-corrected chi connectivity index (χ1v) is 10.4. The Bertz CT molecular complexity index is 896. The molecule has 2 aliphatic rings. The number of carboxylic acid groups (broad SMARTS) is 1. The van der Waals surface area contributed by atoms with Gasteiger partial charge in [-0.2, -0.15) is 0 Å². The molecule has 0 aromatic carbocycles. The minimum Gasteiger partial charge on any atom is -0.543 e. The van der Waals surface area contributed by atoms with Crippen molar-refractivity contribution >= 4 is 47.0 Å². The number of aliphatic hydroxyl groups excluding tert-OH is 1. The molecule has 0 aliphatic carbocycles. The molecule has 8 nitrogen and oxygen atoms in total. The fourth-order valence-corrected chi connectivity index (χ4v) is 5.34. The Kier molecular flexibility index (Phi) is 7.74. The van der Waals surface area contributed by atoms with Gasteiger partial charge in [-0.05, 0) is 18.4 Å². The second-order valence-electron chi connectivity index (χ2n) is 6.94. The zero-order valence-electron chi connectivity index (χ0n) is 16.8. The molecule has 3 heterocycles. The zero-order chi connectivity index (χ0) is 20.7. The van der Waals surface area contributed by atoms with Crippen LogP contribution < -0.4 is 34.7 Å². The van der Waals surface area contributed by atoms with Gasteiger partial charge < -0.3 is 24.8 Å². The Morgan fingerprint density at radius 2 is 2.10 bits per heavy atom. The van der Waals surface area contributed by atoms with E-state index in [9.17, 15) is 24.6 Å². The van der Waals surface area contributed by atoms with Crippen LogP contribution in [-0.4, -0.2) is 63.9 Å². The number of hydrogen-bond acceptors (Lipinski definition) is 8. The predicted octanol–water partition coefficient (Wildman–Crippen LogP) is -2.63. The standard InChI is InChI=1S/C18H21N3O5S2.Na/c1-8-13-11(9(2)22)16(23)21(13)14(18(25)26)15(8)27-6-5-10-12(19-7-28-10)17(24)20(3)4;/h5-9,11,13,22H,1-4H3,(H,25,26);/q;+1/p-1/b6-5-;/t8-,9-,11-,13-;/m1./s1. The number of β-lactam (4-membered cyclic amide) rings is 1. The van der Waals surface area contributed by atoms with Crippen LogP contribution in [0.3, 0.4) is 0 Å². The van der Waals surface area contributed by atoms with Crippen molar-refractivity contribution in [2.75, 3.05) is 14.1 Å². The maximum atomic E-state index is 12.3. The Labute approximate surface area is 199 Å². The van der Waals surface area contributed by atoms with Crippen LogP contribution in [0.25, 0.3) is 6.08 Å². The third kappa shape index (κ3) is 4.19. The van der Waals surface area contributed by atoms with Crippen molar-refractivity contribution in [1.29, 1.82) is 0 Å². The molecule has 1 aromatic heterocycles. The Morgan fingerprint density at radius 1 is 1.45 bits per heavy atom. The molecular weight excluding hydrogens is 425 g/mol. The van der Waals surface area contributed by atoms with E-state index in [1.807, 2.05) is 6.92 Å². The fourth-order valence-electron chi connectivity index (χ4n) is 3.58. The zero-order valence-corrected chi connectivity index (χ0v) is 20.4. The first-order valence-electron chi connectivity index (χ1n) is 8.61. The van der Waals surface area contributed by atoms with Crippen LogP contribution in [0.2, 0.25) is 0 Å². The molecule has 0 spiro atoms. The van der Waals surface area contributed by atoms with Crippen molar-refractivity contribution in [3.63, 3.8) is 0 Å². The van der Waals surface area contributed by atoms with Gasteiger partial charge >= 0.3 is 29.6 Å². The van der Waals surface area contributed by atoms with Crippen LogP contribution in [0.1, 0.15) is 29.2 Å². The quantitative estimate of drug-likeness (QED) is 0.377. The Balaban J connectivity index is 0.00000300. The number of amides is 2. The summed E-state index contributed by atoms with van der Waals surface area (Å²) in [6, 6.07) is -0.384. The number of aliphatic hydroxyl groups is 1. The van der Waals surface area contributed by atoms with E-state index in [1.165, 1.54) is 39.8 Å². The summed E-state index contributed by atoms with van der Waals surface area (Å²) in [4.78, 5) is 44.0. The first-order chi connectivity index (χ1) is 13.2. The molecule has 0 radical (unpaired) electrons. The van der Waals surface area contributed by atoms with E-state index in [2.05, 4.69) is 4.98 Å². The Hall–Kier alpha value is -1.17. The molecule has 2 aliphatic heterocycles. The minimum absolute atomic E-state index is 0. The summed E-state index contributed by atoms with van der Waals surface area (Å²) in [6.45, 7) is 3.36. The molecule has 150 valence electrons. The number of thiazole rings is 1. The summed E-state index contributed by atoms with van der Waals surface area (Å²) in [7, 11) is 3.28. The second kappa shape index (κ2) is 9.32. The van der Waals surface area contributed by atoms with E-state index in [1.54, 1.807) is 31.1 Å². The van der Waals surface area contributed by atoms with E-state index in [4.69, 9.17) is 0 Å². The second-order valence-corrected chi connectivity index (χ2v) is 8.77. The van der Waals surface area contributed by atoms with Crippen LogP contribution in [0.5, 0.6) is 0 Å². The van der Waals surface area contributed by atoms with Crippen molar-refractivity contribution in [2.24, 2.45) is 11.8 Å². The summed E-state index contributed by atoms with van der Waals surface area (Å²) >= 11 is 2.48. The summed E-state index contributed by atoms with van der Waals surface area (Å²) in [5.74, 6) is -2.89. The molecule has 0 saturated carbocycles. The van der Waals surface area contributed by atoms with Crippen molar-refractivity contribution in [3.8, 4) is 0 Å². The van der Waals surface area contributed by atoms with E-state index >= 15 is 0 Å². The smallest absolute Gasteiger partial charge is 0.543 e. The van der Waals surface area contributed by atoms with Gasteiger partial charge in [0.1, 0.15) is 5.69 Å². The van der Waals surface area contributed by atoms with E-state index in [0.717, 1.165) is 0 Å². The molecule has 2 amide bonds. The average Bonchev–Trinajstić information content (AvgIpc) is 3.16. The molecule has 11 heteroatoms. The number of nitrogens with zero attached hydrogens (tertiary/aromatic N) is 3. The van der Waals surface area contributed by atoms with Gasteiger partial charge in [-0.15, -0.1) is 11.3 Å². The van der Waals surface area contributed by atoms with Gasteiger partial charge in [-0.1, -0.05) is 18.7 Å². The van der Waals surface area contributed by atoms with Crippen LogP contribution in [0, 0.1) is 11.8 Å². The SMILES string of the molecule is C[C@@H](O)[C@H]1C(=O)N2C(C(=O)[O-])=C(S/C=C\c3scnc3C(=O)N(C)C)[C@H](C)[C@H]12.[Na+]. The summed E-state index contributed by atoms with van der Waals surface area (Å²) in [6.07, 6.45) is 0.853. The number of carboxylic acids is 1. The number of thioether (sulfide) groups is 1. The van der Waals surface area contributed by atoms with Gasteiger partial charge in [0.25, 0.3) is 5.91 Å². The number of fused-ring (bicyclic) bond motifs is 1. The van der Waals surface area contributed by atoms with Crippen LogP contribution >= 0.6 is 23.1 Å². The maximum absolute atomic E-state index is 12.3. The van der Waals surface area contributed by atoms with Gasteiger partial charge in [0.15, 0.2) is 0 Å². The number of rotatable bonds is 6. The van der Waals surface area contributed by atoms with Crippen molar-refractivity contribution in [3.05, 3.63) is 32.1 Å². The third-order valence-electron chi connectivity index (χ3n) is 4.92. The third-order valence-corrected chi connectivity index (χ3v) is 6.81. The fraction of sp³-hybridized carbons (Fsp3) is 0.444. The number of carbonyl (C=O) groups excluding carboxylic acids is 3. The number of hydrogen-bond donors (Lipinski definition) is 1. The number of aromatic nitrogens is 1. The molecule has 4 atom stereocenters. The summed E-state index contributed by atoms with van der Waals surface area (Å²) < 4.78 is 0. The predicted molar refractivity (Wildman–Crippen MR) is 104 cm³/mol. The molecular formula is C18H20N3NaO5S2. The molecule has 3 rings (SSSR count). The molecule has 1 saturated heterocycles. The average molecular weight is 445 g/mol.